The minimum Gasteiger partial charge on any atom is -0.493 e. The number of carbonyl (C=O) groups excluding carboxylic acids is 1. The number of rotatable bonds is 7. The van der Waals surface area contributed by atoms with Crippen LogP contribution in [0.3, 0.4) is 0 Å². The summed E-state index contributed by atoms with van der Waals surface area (Å²) in [6.45, 7) is 4.10. The number of methoxy groups -OCH3 is 2. The predicted molar refractivity (Wildman–Crippen MR) is 81.1 cm³/mol. The molecule has 20 heavy (non-hydrogen) atoms. The first-order valence-corrected chi connectivity index (χ1v) is 6.81. The summed E-state index contributed by atoms with van der Waals surface area (Å²) in [7, 11) is 3.18. The molecule has 4 heteroatoms. The molecule has 1 amide bonds. The molecular weight excluding hydrogens is 254 g/mol. The molecule has 0 saturated heterocycles. The van der Waals surface area contributed by atoms with Gasteiger partial charge in [0, 0.05) is 12.1 Å². The summed E-state index contributed by atoms with van der Waals surface area (Å²) >= 11 is 0. The van der Waals surface area contributed by atoms with Crippen LogP contribution in [-0.2, 0) is 4.79 Å². The number of hydrogen-bond acceptors (Lipinski definition) is 3. The molecule has 0 aromatic heterocycles. The highest BCUT2D eigenvalue weighted by Gasteiger charge is 2.04. The van der Waals surface area contributed by atoms with Crippen molar-refractivity contribution < 1.29 is 14.3 Å². The summed E-state index contributed by atoms with van der Waals surface area (Å²) in [5, 5.41) is 2.92. The van der Waals surface area contributed by atoms with E-state index in [9.17, 15) is 4.79 Å². The van der Waals surface area contributed by atoms with Gasteiger partial charge in [0.05, 0.1) is 14.2 Å². The van der Waals surface area contributed by atoms with Gasteiger partial charge >= 0.3 is 0 Å². The summed E-state index contributed by atoms with van der Waals surface area (Å²) in [5.41, 5.74) is 0.890. The monoisotopic (exact) mass is 277 g/mol. The summed E-state index contributed by atoms with van der Waals surface area (Å²) < 4.78 is 10.4. The third kappa shape index (κ3) is 4.96. The van der Waals surface area contributed by atoms with Crippen molar-refractivity contribution in [3.63, 3.8) is 0 Å². The molecule has 0 radical (unpaired) electrons. The average Bonchev–Trinajstić information content (AvgIpc) is 2.44. The molecule has 1 rings (SSSR count). The molecule has 1 atom stereocenters. The van der Waals surface area contributed by atoms with Crippen LogP contribution in [-0.4, -0.2) is 26.2 Å². The first-order chi connectivity index (χ1) is 9.60. The predicted octanol–water partition coefficient (Wildman–Crippen LogP) is 3.02. The van der Waals surface area contributed by atoms with Crippen LogP contribution < -0.4 is 14.8 Å². The third-order valence-electron chi connectivity index (χ3n) is 2.95. The van der Waals surface area contributed by atoms with E-state index in [-0.39, 0.29) is 11.9 Å². The van der Waals surface area contributed by atoms with Gasteiger partial charge in [-0.3, -0.25) is 4.79 Å². The molecule has 4 nitrogen and oxygen atoms in total. The van der Waals surface area contributed by atoms with Crippen LogP contribution >= 0.6 is 0 Å². The molecule has 0 saturated carbocycles. The van der Waals surface area contributed by atoms with Crippen molar-refractivity contribution in [1.82, 2.24) is 5.32 Å². The molecule has 0 aliphatic heterocycles. The molecular formula is C16H23NO3. The minimum absolute atomic E-state index is 0.0827. The lowest BCUT2D eigenvalue weighted by molar-refractivity contribution is -0.117. The Balaban J connectivity index is 2.68. The maximum Gasteiger partial charge on any atom is 0.244 e. The second-order valence-corrected chi connectivity index (χ2v) is 4.65. The number of amides is 1. The Morgan fingerprint density at radius 3 is 2.60 bits per heavy atom. The van der Waals surface area contributed by atoms with Crippen LogP contribution in [0.1, 0.15) is 32.3 Å². The van der Waals surface area contributed by atoms with Crippen LogP contribution in [0.5, 0.6) is 11.5 Å². The standard InChI is InChI=1S/C16H23NO3/c1-5-6-12(2)17-16(18)10-8-13-7-9-14(19-3)15(11-13)20-4/h7-12H,5-6H2,1-4H3,(H,17,18)/b10-8+/t12-/m1/s1. The van der Waals surface area contributed by atoms with E-state index in [1.807, 2.05) is 25.1 Å². The zero-order valence-electron chi connectivity index (χ0n) is 12.6. The molecule has 1 aromatic carbocycles. The highest BCUT2D eigenvalue weighted by Crippen LogP contribution is 2.27. The number of ether oxygens (including phenoxy) is 2. The Morgan fingerprint density at radius 2 is 2.00 bits per heavy atom. The van der Waals surface area contributed by atoms with Crippen LogP contribution in [0.2, 0.25) is 0 Å². The molecule has 0 aliphatic rings. The van der Waals surface area contributed by atoms with E-state index in [2.05, 4.69) is 12.2 Å². The lowest BCUT2D eigenvalue weighted by Gasteiger charge is -2.10. The van der Waals surface area contributed by atoms with E-state index in [1.54, 1.807) is 20.3 Å². The van der Waals surface area contributed by atoms with E-state index in [1.165, 1.54) is 6.08 Å². The Morgan fingerprint density at radius 1 is 1.30 bits per heavy atom. The average molecular weight is 277 g/mol. The summed E-state index contributed by atoms with van der Waals surface area (Å²) in [4.78, 5) is 11.7. The van der Waals surface area contributed by atoms with Gasteiger partial charge in [-0.25, -0.2) is 0 Å². The number of carbonyl (C=O) groups is 1. The zero-order valence-corrected chi connectivity index (χ0v) is 12.6. The molecule has 0 heterocycles. The highest BCUT2D eigenvalue weighted by molar-refractivity contribution is 5.91. The Bertz CT molecular complexity index is 469. The van der Waals surface area contributed by atoms with Crippen molar-refractivity contribution in [2.75, 3.05) is 14.2 Å². The quantitative estimate of drug-likeness (QED) is 0.779. The van der Waals surface area contributed by atoms with Crippen LogP contribution in [0.25, 0.3) is 6.08 Å². The van der Waals surface area contributed by atoms with Crippen LogP contribution in [0, 0.1) is 0 Å². The van der Waals surface area contributed by atoms with Gasteiger partial charge < -0.3 is 14.8 Å². The maximum absolute atomic E-state index is 11.7. The highest BCUT2D eigenvalue weighted by atomic mass is 16.5. The first-order valence-electron chi connectivity index (χ1n) is 6.81. The normalized spacial score (nSPS) is 12.2. The van der Waals surface area contributed by atoms with E-state index >= 15 is 0 Å². The van der Waals surface area contributed by atoms with Gasteiger partial charge in [0.2, 0.25) is 5.91 Å². The molecule has 0 spiro atoms. The van der Waals surface area contributed by atoms with Gasteiger partial charge in [-0.1, -0.05) is 19.4 Å². The van der Waals surface area contributed by atoms with Gasteiger partial charge in [-0.2, -0.15) is 0 Å². The fraction of sp³-hybridized carbons (Fsp3) is 0.438. The first kappa shape index (κ1) is 16.1. The van der Waals surface area contributed by atoms with Gasteiger partial charge in [-0.05, 0) is 37.1 Å². The zero-order chi connectivity index (χ0) is 15.0. The fourth-order valence-electron chi connectivity index (χ4n) is 1.92. The van der Waals surface area contributed by atoms with Crippen molar-refractivity contribution in [1.29, 1.82) is 0 Å². The molecule has 0 fully saturated rings. The van der Waals surface area contributed by atoms with Crippen molar-refractivity contribution >= 4 is 12.0 Å². The van der Waals surface area contributed by atoms with Crippen LogP contribution in [0.4, 0.5) is 0 Å². The van der Waals surface area contributed by atoms with Crippen molar-refractivity contribution in [3.05, 3.63) is 29.8 Å². The lowest BCUT2D eigenvalue weighted by atomic mass is 10.1. The van der Waals surface area contributed by atoms with E-state index in [0.29, 0.717) is 11.5 Å². The second-order valence-electron chi connectivity index (χ2n) is 4.65. The van der Waals surface area contributed by atoms with E-state index in [4.69, 9.17) is 9.47 Å². The number of benzene rings is 1. The van der Waals surface area contributed by atoms with Gasteiger partial charge in [0.15, 0.2) is 11.5 Å². The summed E-state index contributed by atoms with van der Waals surface area (Å²) in [5.74, 6) is 1.24. The largest absolute Gasteiger partial charge is 0.493 e. The SMILES string of the molecule is CCC[C@@H](C)NC(=O)/C=C/c1ccc(OC)c(OC)c1. The Labute approximate surface area is 120 Å². The van der Waals surface area contributed by atoms with Gasteiger partial charge in [-0.15, -0.1) is 0 Å². The molecule has 110 valence electrons. The molecule has 1 N–H and O–H groups in total. The van der Waals surface area contributed by atoms with E-state index in [0.717, 1.165) is 18.4 Å². The van der Waals surface area contributed by atoms with Gasteiger partial charge in [0.25, 0.3) is 0 Å². The minimum atomic E-state index is -0.0827. The lowest BCUT2D eigenvalue weighted by Crippen LogP contribution is -2.30. The van der Waals surface area contributed by atoms with Crippen LogP contribution in [0.15, 0.2) is 24.3 Å². The summed E-state index contributed by atoms with van der Waals surface area (Å²) in [6, 6.07) is 5.72. The van der Waals surface area contributed by atoms with Crippen molar-refractivity contribution in [2.45, 2.75) is 32.7 Å². The molecule has 0 aliphatic carbocycles. The number of hydrogen-bond donors (Lipinski definition) is 1. The smallest absolute Gasteiger partial charge is 0.244 e. The number of nitrogens with one attached hydrogen (secondary N) is 1. The van der Waals surface area contributed by atoms with Crippen molar-refractivity contribution in [3.8, 4) is 11.5 Å². The maximum atomic E-state index is 11.7. The fourth-order valence-corrected chi connectivity index (χ4v) is 1.92. The Hall–Kier alpha value is -1.97. The van der Waals surface area contributed by atoms with Gasteiger partial charge in [0.1, 0.15) is 0 Å². The third-order valence-corrected chi connectivity index (χ3v) is 2.95. The molecule has 0 unspecified atom stereocenters. The summed E-state index contributed by atoms with van der Waals surface area (Å²) in [6.07, 6.45) is 5.33. The van der Waals surface area contributed by atoms with E-state index < -0.39 is 0 Å². The second kappa shape index (κ2) is 8.25. The topological polar surface area (TPSA) is 47.6 Å². The van der Waals surface area contributed by atoms with Crippen molar-refractivity contribution in [2.24, 2.45) is 0 Å². The molecule has 1 aromatic rings. The Kier molecular flexibility index (Phi) is 6.64. The molecule has 0 bridgehead atoms.